The van der Waals surface area contributed by atoms with Crippen molar-refractivity contribution in [2.45, 2.75) is 45.6 Å². The van der Waals surface area contributed by atoms with Gasteiger partial charge in [-0.25, -0.2) is 0 Å². The van der Waals surface area contributed by atoms with Crippen LogP contribution in [-0.4, -0.2) is 12.1 Å². The molecule has 3 N–H and O–H groups in total. The molecule has 100 valence electrons. The highest BCUT2D eigenvalue weighted by Crippen LogP contribution is 2.38. The molecule has 2 nitrogen and oxygen atoms in total. The van der Waals surface area contributed by atoms with Crippen LogP contribution in [0.3, 0.4) is 0 Å². The molecule has 0 heterocycles. The molecule has 1 aliphatic carbocycles. The quantitative estimate of drug-likeness (QED) is 0.856. The van der Waals surface area contributed by atoms with E-state index in [2.05, 4.69) is 50.4 Å². The molecule has 1 fully saturated rings. The van der Waals surface area contributed by atoms with Crippen LogP contribution >= 0.6 is 0 Å². The zero-order valence-corrected chi connectivity index (χ0v) is 11.9. The highest BCUT2D eigenvalue weighted by Gasteiger charge is 2.38. The zero-order chi connectivity index (χ0) is 13.2. The first kappa shape index (κ1) is 13.4. The first-order valence-electron chi connectivity index (χ1n) is 7.10. The van der Waals surface area contributed by atoms with Crippen LogP contribution in [0, 0.1) is 18.8 Å². The van der Waals surface area contributed by atoms with Gasteiger partial charge in [-0.15, -0.1) is 0 Å². The Labute approximate surface area is 111 Å². The number of hydrogen-bond acceptors (Lipinski definition) is 2. The number of hydrogen-bond donors (Lipinski definition) is 2. The minimum atomic E-state index is 0.0851. The van der Waals surface area contributed by atoms with Crippen LogP contribution in [0.15, 0.2) is 24.3 Å². The second kappa shape index (κ2) is 5.31. The molecule has 1 saturated carbocycles. The van der Waals surface area contributed by atoms with E-state index in [0.717, 1.165) is 12.5 Å². The molecule has 0 radical (unpaired) electrons. The number of rotatable bonds is 3. The monoisotopic (exact) mass is 246 g/mol. The van der Waals surface area contributed by atoms with Crippen molar-refractivity contribution < 1.29 is 0 Å². The van der Waals surface area contributed by atoms with Crippen LogP contribution in [0.4, 0.5) is 5.69 Å². The summed E-state index contributed by atoms with van der Waals surface area (Å²) in [7, 11) is 0. The Morgan fingerprint density at radius 1 is 1.28 bits per heavy atom. The molecule has 0 aromatic heterocycles. The summed E-state index contributed by atoms with van der Waals surface area (Å²) < 4.78 is 0. The summed E-state index contributed by atoms with van der Waals surface area (Å²) in [5, 5.41) is 3.72. The first-order valence-corrected chi connectivity index (χ1v) is 7.10. The van der Waals surface area contributed by atoms with Crippen molar-refractivity contribution in [1.29, 1.82) is 0 Å². The Balaban J connectivity index is 2.15. The lowest BCUT2D eigenvalue weighted by Crippen LogP contribution is -2.53. The molecular formula is C16H26N2. The number of nitrogens with two attached hydrogens (primary N) is 1. The maximum atomic E-state index is 6.09. The van der Waals surface area contributed by atoms with E-state index in [-0.39, 0.29) is 5.54 Å². The SMILES string of the molecule is Cc1ccc(NC2(CN)CCC(C)CC2C)cc1. The molecule has 1 aliphatic rings. The smallest absolute Gasteiger partial charge is 0.0521 e. The van der Waals surface area contributed by atoms with Gasteiger partial charge in [-0.2, -0.15) is 0 Å². The molecular weight excluding hydrogens is 220 g/mol. The van der Waals surface area contributed by atoms with Crippen molar-refractivity contribution in [3.05, 3.63) is 29.8 Å². The van der Waals surface area contributed by atoms with Crippen LogP contribution in [0.1, 0.15) is 38.7 Å². The molecule has 3 unspecified atom stereocenters. The predicted molar refractivity (Wildman–Crippen MR) is 78.8 cm³/mol. The van der Waals surface area contributed by atoms with E-state index in [4.69, 9.17) is 5.73 Å². The van der Waals surface area contributed by atoms with Gasteiger partial charge in [-0.05, 0) is 50.2 Å². The summed E-state index contributed by atoms with van der Waals surface area (Å²) >= 11 is 0. The molecule has 0 aliphatic heterocycles. The van der Waals surface area contributed by atoms with E-state index < -0.39 is 0 Å². The predicted octanol–water partition coefficient (Wildman–Crippen LogP) is 3.56. The van der Waals surface area contributed by atoms with Crippen molar-refractivity contribution in [3.8, 4) is 0 Å². The van der Waals surface area contributed by atoms with Gasteiger partial charge in [-0.3, -0.25) is 0 Å². The Kier molecular flexibility index (Phi) is 3.96. The van der Waals surface area contributed by atoms with Gasteiger partial charge in [0, 0.05) is 12.2 Å². The molecule has 0 saturated heterocycles. The molecule has 0 spiro atoms. The topological polar surface area (TPSA) is 38.0 Å². The fourth-order valence-electron chi connectivity index (χ4n) is 3.16. The highest BCUT2D eigenvalue weighted by atomic mass is 15.0. The number of benzene rings is 1. The summed E-state index contributed by atoms with van der Waals surface area (Å²) in [5.41, 5.74) is 8.67. The lowest BCUT2D eigenvalue weighted by molar-refractivity contribution is 0.189. The highest BCUT2D eigenvalue weighted by molar-refractivity contribution is 5.47. The van der Waals surface area contributed by atoms with Crippen LogP contribution in [0.25, 0.3) is 0 Å². The van der Waals surface area contributed by atoms with E-state index in [1.54, 1.807) is 0 Å². The van der Waals surface area contributed by atoms with Crippen LogP contribution in [0.2, 0.25) is 0 Å². The normalized spacial score (nSPS) is 32.2. The average molecular weight is 246 g/mol. The van der Waals surface area contributed by atoms with Crippen LogP contribution in [-0.2, 0) is 0 Å². The van der Waals surface area contributed by atoms with E-state index in [9.17, 15) is 0 Å². The summed E-state index contributed by atoms with van der Waals surface area (Å²) in [4.78, 5) is 0. The zero-order valence-electron chi connectivity index (χ0n) is 11.9. The summed E-state index contributed by atoms with van der Waals surface area (Å²) in [5.74, 6) is 1.46. The number of aryl methyl sites for hydroxylation is 1. The molecule has 3 atom stereocenters. The van der Waals surface area contributed by atoms with Crippen LogP contribution in [0.5, 0.6) is 0 Å². The Bertz CT molecular complexity index is 385. The van der Waals surface area contributed by atoms with E-state index in [0.29, 0.717) is 5.92 Å². The lowest BCUT2D eigenvalue weighted by atomic mass is 9.70. The fourth-order valence-corrected chi connectivity index (χ4v) is 3.16. The van der Waals surface area contributed by atoms with Gasteiger partial charge in [0.25, 0.3) is 0 Å². The van der Waals surface area contributed by atoms with Gasteiger partial charge in [0.05, 0.1) is 5.54 Å². The second-order valence-electron chi connectivity index (χ2n) is 6.13. The number of anilines is 1. The van der Waals surface area contributed by atoms with Gasteiger partial charge in [0.1, 0.15) is 0 Å². The molecule has 1 aromatic rings. The van der Waals surface area contributed by atoms with Gasteiger partial charge >= 0.3 is 0 Å². The third-order valence-corrected chi connectivity index (χ3v) is 4.59. The lowest BCUT2D eigenvalue weighted by Gasteiger charge is -2.45. The standard InChI is InChI=1S/C16H26N2/c1-12-4-6-15(7-5-12)18-16(11-17)9-8-13(2)10-14(16)3/h4-7,13-14,18H,8-11,17H2,1-3H3. The Morgan fingerprint density at radius 3 is 2.50 bits per heavy atom. The molecule has 18 heavy (non-hydrogen) atoms. The largest absolute Gasteiger partial charge is 0.378 e. The van der Waals surface area contributed by atoms with Gasteiger partial charge in [0.15, 0.2) is 0 Å². The van der Waals surface area contributed by atoms with Crippen molar-refractivity contribution >= 4 is 5.69 Å². The third kappa shape index (κ3) is 2.69. The number of nitrogens with one attached hydrogen (secondary N) is 1. The van der Waals surface area contributed by atoms with Gasteiger partial charge < -0.3 is 11.1 Å². The maximum absolute atomic E-state index is 6.09. The van der Waals surface area contributed by atoms with Crippen molar-refractivity contribution in [2.75, 3.05) is 11.9 Å². The molecule has 2 heteroatoms. The first-order chi connectivity index (χ1) is 8.55. The Hall–Kier alpha value is -1.02. The molecule has 2 rings (SSSR count). The van der Waals surface area contributed by atoms with Crippen molar-refractivity contribution in [2.24, 2.45) is 17.6 Å². The minimum Gasteiger partial charge on any atom is -0.378 e. The van der Waals surface area contributed by atoms with Crippen molar-refractivity contribution in [3.63, 3.8) is 0 Å². The van der Waals surface area contributed by atoms with Gasteiger partial charge in [0.2, 0.25) is 0 Å². The van der Waals surface area contributed by atoms with Crippen molar-refractivity contribution in [1.82, 2.24) is 0 Å². The summed E-state index contributed by atoms with van der Waals surface area (Å²) in [6.45, 7) is 7.52. The van der Waals surface area contributed by atoms with E-state index in [1.165, 1.54) is 30.5 Å². The fraction of sp³-hybridized carbons (Fsp3) is 0.625. The summed E-state index contributed by atoms with van der Waals surface area (Å²) in [6, 6.07) is 8.64. The maximum Gasteiger partial charge on any atom is 0.0521 e. The Morgan fingerprint density at radius 2 is 1.94 bits per heavy atom. The van der Waals surface area contributed by atoms with Gasteiger partial charge in [-0.1, -0.05) is 31.5 Å². The third-order valence-electron chi connectivity index (χ3n) is 4.59. The summed E-state index contributed by atoms with van der Waals surface area (Å²) in [6.07, 6.45) is 3.73. The van der Waals surface area contributed by atoms with E-state index >= 15 is 0 Å². The average Bonchev–Trinajstić information content (AvgIpc) is 2.36. The minimum absolute atomic E-state index is 0.0851. The molecule has 0 bridgehead atoms. The van der Waals surface area contributed by atoms with E-state index in [1.807, 2.05) is 0 Å². The second-order valence-corrected chi connectivity index (χ2v) is 6.13. The molecule has 0 amide bonds. The molecule has 1 aromatic carbocycles. The van der Waals surface area contributed by atoms with Crippen LogP contribution < -0.4 is 11.1 Å².